The van der Waals surface area contributed by atoms with Gasteiger partial charge in [-0.25, -0.2) is 9.59 Å². The van der Waals surface area contributed by atoms with Crippen LogP contribution in [-0.2, 0) is 38.1 Å². The van der Waals surface area contributed by atoms with Gasteiger partial charge in [0.25, 0.3) is 0 Å². The van der Waals surface area contributed by atoms with Crippen LogP contribution in [0, 0.1) is 50.2 Å². The Labute approximate surface area is 379 Å². The van der Waals surface area contributed by atoms with E-state index in [1.54, 1.807) is 19.9 Å². The Bertz CT molecular complexity index is 1900. The maximum Gasteiger partial charge on any atom is 0.335 e. The van der Waals surface area contributed by atoms with Crippen molar-refractivity contribution in [1.29, 1.82) is 0 Å². The average molecular weight is 925 g/mol. The molecule has 368 valence electrons. The molecule has 10 N–H and O–H groups in total. The minimum atomic E-state index is -2.06. The molecule has 2 heterocycles. The van der Waals surface area contributed by atoms with Gasteiger partial charge in [-0.15, -0.1) is 0 Å². The van der Waals surface area contributed by atoms with Crippen LogP contribution in [0.2, 0.25) is 0 Å². The van der Waals surface area contributed by atoms with Crippen molar-refractivity contribution < 1.29 is 89.1 Å². The third-order valence-electron chi connectivity index (χ3n) is 18.5. The lowest BCUT2D eigenvalue weighted by atomic mass is 9.33. The van der Waals surface area contributed by atoms with E-state index in [0.717, 1.165) is 5.57 Å². The van der Waals surface area contributed by atoms with Crippen LogP contribution in [-0.4, -0.2) is 168 Å². The molecule has 18 nitrogen and oxygen atoms in total. The zero-order valence-electron chi connectivity index (χ0n) is 38.7. The molecule has 65 heavy (non-hydrogen) atoms. The maximum atomic E-state index is 13.1. The fourth-order valence-corrected chi connectivity index (χ4v) is 14.3. The van der Waals surface area contributed by atoms with E-state index in [1.807, 2.05) is 20.8 Å². The molecular formula is C47H72O18. The first-order valence-electron chi connectivity index (χ1n) is 23.1. The number of rotatable bonds is 10. The van der Waals surface area contributed by atoms with Crippen molar-refractivity contribution in [2.24, 2.45) is 50.2 Å². The molecule has 2 saturated heterocycles. The fourth-order valence-electron chi connectivity index (χ4n) is 14.3. The van der Waals surface area contributed by atoms with Crippen LogP contribution in [0.3, 0.4) is 0 Å². The van der Waals surface area contributed by atoms with E-state index in [4.69, 9.17) is 23.7 Å². The predicted molar refractivity (Wildman–Crippen MR) is 226 cm³/mol. The van der Waals surface area contributed by atoms with Crippen LogP contribution >= 0.6 is 0 Å². The quantitative estimate of drug-likeness (QED) is 0.0617. The molecule has 0 spiro atoms. The molecule has 0 aromatic rings. The summed E-state index contributed by atoms with van der Waals surface area (Å²) in [5, 5.41) is 110. The number of aliphatic carboxylic acids is 1. The highest BCUT2D eigenvalue weighted by Crippen LogP contribution is 2.76. The molecule has 5 aliphatic carbocycles. The van der Waals surface area contributed by atoms with Crippen LogP contribution in [0.25, 0.3) is 0 Å². The molecule has 6 fully saturated rings. The minimum Gasteiger partial charge on any atom is -0.479 e. The number of carboxylic acids is 1. The molecule has 7 rings (SSSR count). The van der Waals surface area contributed by atoms with E-state index in [2.05, 4.69) is 26.8 Å². The lowest BCUT2D eigenvalue weighted by Crippen LogP contribution is -2.72. The zero-order chi connectivity index (χ0) is 48.1. The molecule has 0 unspecified atom stereocenters. The van der Waals surface area contributed by atoms with E-state index >= 15 is 0 Å². The monoisotopic (exact) mass is 924 g/mol. The molecule has 21 atom stereocenters. The highest BCUT2D eigenvalue weighted by molar-refractivity contribution is 5.88. The molecule has 2 aliphatic heterocycles. The third kappa shape index (κ3) is 7.42. The Hall–Kier alpha value is -2.43. The number of hydrogen-bond donors (Lipinski definition) is 10. The Morgan fingerprint density at radius 1 is 0.862 bits per heavy atom. The highest BCUT2D eigenvalue weighted by atomic mass is 16.7. The second-order valence-electron chi connectivity index (χ2n) is 22.0. The van der Waals surface area contributed by atoms with E-state index in [9.17, 15) is 65.4 Å². The molecule has 0 radical (unpaired) electrons. The molecule has 0 bridgehead atoms. The fraction of sp³-hybridized carbons (Fsp3) is 0.851. The Morgan fingerprint density at radius 2 is 1.54 bits per heavy atom. The van der Waals surface area contributed by atoms with E-state index in [0.29, 0.717) is 44.1 Å². The zero-order valence-corrected chi connectivity index (χ0v) is 38.7. The topological polar surface area (TPSA) is 300 Å². The smallest absolute Gasteiger partial charge is 0.335 e. The first-order chi connectivity index (χ1) is 30.3. The van der Waals surface area contributed by atoms with Gasteiger partial charge >= 0.3 is 11.9 Å². The molecule has 0 amide bonds. The Morgan fingerprint density at radius 3 is 2.14 bits per heavy atom. The number of hydrogen-bond acceptors (Lipinski definition) is 17. The largest absolute Gasteiger partial charge is 0.479 e. The van der Waals surface area contributed by atoms with Gasteiger partial charge in [-0.1, -0.05) is 59.3 Å². The van der Waals surface area contributed by atoms with Gasteiger partial charge in [-0.3, -0.25) is 4.79 Å². The summed E-state index contributed by atoms with van der Waals surface area (Å²) in [6.07, 6.45) is -13.9. The number of carbonyl (C=O) groups excluding carboxylic acids is 2. The number of aliphatic hydroxyl groups is 9. The van der Waals surface area contributed by atoms with Gasteiger partial charge in [0.15, 0.2) is 12.4 Å². The normalized spacial score (nSPS) is 50.8. The van der Waals surface area contributed by atoms with Crippen LogP contribution < -0.4 is 0 Å². The predicted octanol–water partition coefficient (Wildman–Crippen LogP) is 0.492. The summed E-state index contributed by atoms with van der Waals surface area (Å²) in [6, 6.07) is 0. The Kier molecular flexibility index (Phi) is 13.6. The number of allylic oxidation sites excluding steroid dienone is 3. The molecule has 0 aromatic heterocycles. The molecule has 7 aliphatic rings. The molecular weight excluding hydrogens is 852 g/mol. The van der Waals surface area contributed by atoms with Crippen molar-refractivity contribution in [2.45, 2.75) is 180 Å². The van der Waals surface area contributed by atoms with Gasteiger partial charge in [0.2, 0.25) is 12.1 Å². The molecule has 0 aromatic carbocycles. The summed E-state index contributed by atoms with van der Waals surface area (Å²) < 4.78 is 29.1. The molecule has 4 saturated carbocycles. The second-order valence-corrected chi connectivity index (χ2v) is 22.0. The maximum absolute atomic E-state index is 13.1. The third-order valence-corrected chi connectivity index (χ3v) is 18.5. The summed E-state index contributed by atoms with van der Waals surface area (Å²) >= 11 is 0. The van der Waals surface area contributed by atoms with Gasteiger partial charge in [0, 0.05) is 16.4 Å². The van der Waals surface area contributed by atoms with Crippen molar-refractivity contribution in [2.75, 3.05) is 19.8 Å². The number of ether oxygens (including phenoxy) is 5. The van der Waals surface area contributed by atoms with Crippen LogP contribution in [0.5, 0.6) is 0 Å². The summed E-state index contributed by atoms with van der Waals surface area (Å²) in [5.41, 5.74) is -3.06. The van der Waals surface area contributed by atoms with Crippen LogP contribution in [0.4, 0.5) is 0 Å². The number of ketones is 1. The number of carboxylic acid groups (broad SMARTS) is 1. The lowest BCUT2D eigenvalue weighted by Gasteiger charge is -2.72. The van der Waals surface area contributed by atoms with Crippen LogP contribution in [0.1, 0.15) is 100 Å². The summed E-state index contributed by atoms with van der Waals surface area (Å²) in [4.78, 5) is 38.3. The van der Waals surface area contributed by atoms with Gasteiger partial charge in [-0.2, -0.15) is 0 Å². The van der Waals surface area contributed by atoms with E-state index in [1.165, 1.54) is 0 Å². The van der Waals surface area contributed by atoms with Crippen molar-refractivity contribution in [3.8, 4) is 0 Å². The lowest BCUT2D eigenvalue weighted by molar-refractivity contribution is -0.347. The second kappa shape index (κ2) is 17.5. The number of esters is 1. The van der Waals surface area contributed by atoms with E-state index < -0.39 is 149 Å². The first-order valence-corrected chi connectivity index (χ1v) is 23.1. The first kappa shape index (κ1) is 50.4. The summed E-state index contributed by atoms with van der Waals surface area (Å²) in [5.74, 6) is -3.97. The summed E-state index contributed by atoms with van der Waals surface area (Å²) in [6.45, 7) is 14.1. The van der Waals surface area contributed by atoms with Gasteiger partial charge in [0.05, 0.1) is 37.4 Å². The van der Waals surface area contributed by atoms with Crippen molar-refractivity contribution in [3.05, 3.63) is 23.3 Å². The molecule has 18 heteroatoms. The number of carbonyl (C=O) groups is 3. The number of aliphatic hydroxyl groups excluding tert-OH is 9. The van der Waals surface area contributed by atoms with Gasteiger partial charge in [0.1, 0.15) is 48.8 Å². The van der Waals surface area contributed by atoms with Gasteiger partial charge in [-0.05, 0) is 92.8 Å². The summed E-state index contributed by atoms with van der Waals surface area (Å²) in [7, 11) is 0. The average Bonchev–Trinajstić information content (AvgIpc) is 3.25. The van der Waals surface area contributed by atoms with Crippen molar-refractivity contribution in [1.82, 2.24) is 0 Å². The van der Waals surface area contributed by atoms with Crippen LogP contribution in [0.15, 0.2) is 23.3 Å². The SMILES string of the molecule is C/C=C(\C)C(=O)O[C@H]1[C@H](O)[C@]2(CO)[C@@H](O)C[C@]3(C)C(=CC[C@@H]4[C@@]5(C)CC[C@H](O[C@@H]6O[C@H](C(=O)O)[C@@H](O)[C@H](O[C@@H]7O[C@H](CO)[C@@H](O)[C@H](O)C7=O)[C@H]6O)[C@@](C)(CO)[C@@H]5CC[C@]43C)[C@@H]2CC1(C)C. The standard InChI is InChI=1S/C47H72O18/c1-9-21(2)39(60)65-37-36(57)47(20-50)23(16-42(37,3)4)22-10-11-26-43(5)14-13-28(44(6,19-49)25(43)12-15-45(26,7)46(22,8)17-27(47)51)62-41-33(56)34(32(55)35(64-41)38(58)59)63-40-31(54)30(53)29(52)24(18-48)61-40/h9-10,23-30,32-37,40-41,48-53,55-57H,11-20H2,1-8H3,(H,58,59)/b21-9+/t23-,24+,25+,26+,27-,28-,29+,30-,32-,33+,34-,35-,36-,37-,40-,41+,43-,44-,45+,46+,47-/m0/s1. The van der Waals surface area contributed by atoms with Crippen molar-refractivity contribution in [3.63, 3.8) is 0 Å². The highest BCUT2D eigenvalue weighted by Gasteiger charge is 2.73. The van der Waals surface area contributed by atoms with Gasteiger partial charge < -0.3 is 74.7 Å². The number of fused-ring (bicyclic) bond motifs is 7. The number of Topliss-reactive ketones (excluding diaryl/α,β-unsaturated/α-hetero) is 1. The Balaban J connectivity index is 1.16. The minimum absolute atomic E-state index is 0.0210. The van der Waals surface area contributed by atoms with Crippen molar-refractivity contribution >= 4 is 17.7 Å². The van der Waals surface area contributed by atoms with E-state index in [-0.39, 0.29) is 24.9 Å².